The summed E-state index contributed by atoms with van der Waals surface area (Å²) in [6.07, 6.45) is 39.0. The summed E-state index contributed by atoms with van der Waals surface area (Å²) >= 11 is 0. The monoisotopic (exact) mass is 858 g/mol. The molecule has 354 valence electrons. The number of rotatable bonds is 42. The highest BCUT2D eigenvalue weighted by Crippen LogP contribution is 2.33. The summed E-state index contributed by atoms with van der Waals surface area (Å²) in [6.45, 7) is 11.0. The maximum atomic E-state index is 12.9. The Bertz CT molecular complexity index is 1270. The van der Waals surface area contributed by atoms with Crippen molar-refractivity contribution in [3.8, 4) is 0 Å². The van der Waals surface area contributed by atoms with Crippen molar-refractivity contribution in [3.05, 3.63) is 20.4 Å². The van der Waals surface area contributed by atoms with Crippen LogP contribution in [0, 0.1) is 11.8 Å². The molecule has 0 spiro atoms. The lowest BCUT2D eigenvalue weighted by Gasteiger charge is -2.28. The number of nitrogens with zero attached hydrogens (tertiary/aromatic N) is 1. The van der Waals surface area contributed by atoms with Crippen molar-refractivity contribution in [3.63, 3.8) is 0 Å². The Kier molecular flexibility index (Phi) is 33.2. The number of unbranched alkanes of at least 4 members (excludes halogenated alkanes) is 18. The van der Waals surface area contributed by atoms with Crippen LogP contribution in [-0.2, 0) is 19.1 Å². The molecule has 9 nitrogen and oxygen atoms in total. The first kappa shape index (κ1) is 54.7. The van der Waals surface area contributed by atoms with E-state index < -0.39 is 10.9 Å². The zero-order chi connectivity index (χ0) is 44.2. The van der Waals surface area contributed by atoms with Crippen molar-refractivity contribution < 1.29 is 19.1 Å². The van der Waals surface area contributed by atoms with Crippen LogP contribution in [0.25, 0.3) is 0 Å². The average Bonchev–Trinajstić information content (AvgIpc) is 3.26. The smallest absolute Gasteiger partial charge is 0.306 e. The first-order valence-corrected chi connectivity index (χ1v) is 26.1. The predicted octanol–water partition coefficient (Wildman–Crippen LogP) is 13.1. The van der Waals surface area contributed by atoms with Gasteiger partial charge in [0.2, 0.25) is 0 Å². The average molecular weight is 858 g/mol. The molecule has 9 heteroatoms. The summed E-state index contributed by atoms with van der Waals surface area (Å²) < 4.78 is 11.7. The lowest BCUT2D eigenvalue weighted by Crippen LogP contribution is -2.37. The van der Waals surface area contributed by atoms with Gasteiger partial charge < -0.3 is 25.0 Å². The minimum atomic E-state index is -0.438. The standard InChI is InChI=1S/C52H95N3O6/c1-5-8-10-12-16-22-30-46(31-23-17-13-11-9-6-2)61-48(57)33-25-19-15-21-27-41-55(42-28-39-54-50-49(53-4)51(58)52(50)59)40-26-20-14-18-24-32-47(56)60-43-38-45-36-34-44(29-7-3)35-37-45/h44-46,53-54H,5-43H2,1-4H3. The van der Waals surface area contributed by atoms with E-state index in [0.29, 0.717) is 37.4 Å². The minimum absolute atomic E-state index is 0.00233. The molecule has 0 unspecified atom stereocenters. The van der Waals surface area contributed by atoms with E-state index in [1.54, 1.807) is 7.05 Å². The van der Waals surface area contributed by atoms with Crippen molar-refractivity contribution in [2.45, 2.75) is 245 Å². The van der Waals surface area contributed by atoms with Crippen LogP contribution in [0.15, 0.2) is 9.59 Å². The Labute approximate surface area is 374 Å². The Hall–Kier alpha value is -2.42. The number of carbonyl (C=O) groups is 2. The Balaban J connectivity index is 1.64. The normalized spacial score (nSPS) is 15.5. The molecular weight excluding hydrogens is 763 g/mol. The second kappa shape index (κ2) is 37.0. The van der Waals surface area contributed by atoms with Gasteiger partial charge in [-0.25, -0.2) is 0 Å². The van der Waals surface area contributed by atoms with Gasteiger partial charge in [-0.3, -0.25) is 19.2 Å². The molecule has 61 heavy (non-hydrogen) atoms. The molecule has 0 aliphatic heterocycles. The first-order chi connectivity index (χ1) is 29.8. The van der Waals surface area contributed by atoms with Crippen LogP contribution in [0.3, 0.4) is 0 Å². The molecule has 2 rings (SSSR count). The van der Waals surface area contributed by atoms with Gasteiger partial charge >= 0.3 is 11.9 Å². The van der Waals surface area contributed by atoms with Crippen molar-refractivity contribution in [1.82, 2.24) is 4.90 Å². The molecular formula is C52H95N3O6. The zero-order valence-electron chi connectivity index (χ0n) is 40.2. The van der Waals surface area contributed by atoms with Gasteiger partial charge in [-0.1, -0.05) is 162 Å². The maximum absolute atomic E-state index is 12.9. The van der Waals surface area contributed by atoms with Gasteiger partial charge in [-0.15, -0.1) is 0 Å². The third kappa shape index (κ3) is 26.7. The second-order valence-electron chi connectivity index (χ2n) is 18.7. The summed E-state index contributed by atoms with van der Waals surface area (Å²) in [6, 6.07) is 0. The largest absolute Gasteiger partial charge is 0.466 e. The van der Waals surface area contributed by atoms with Crippen LogP contribution in [0.4, 0.5) is 11.4 Å². The van der Waals surface area contributed by atoms with Crippen LogP contribution < -0.4 is 21.5 Å². The van der Waals surface area contributed by atoms with E-state index in [1.807, 2.05) is 0 Å². The van der Waals surface area contributed by atoms with E-state index in [1.165, 1.54) is 116 Å². The Morgan fingerprint density at radius 2 is 1.02 bits per heavy atom. The van der Waals surface area contributed by atoms with E-state index in [0.717, 1.165) is 121 Å². The van der Waals surface area contributed by atoms with Crippen molar-refractivity contribution in [2.24, 2.45) is 11.8 Å². The van der Waals surface area contributed by atoms with Crippen LogP contribution >= 0.6 is 0 Å². The van der Waals surface area contributed by atoms with Gasteiger partial charge in [0, 0.05) is 26.4 Å². The number of nitrogens with one attached hydrogen (secondary N) is 2. The SMILES string of the molecule is CCCCCCCCC(CCCCCCCC)OC(=O)CCCCCCCN(CCCCCCCC(=O)OCCC1CCC(CCC)CC1)CCCNc1c(NC)c(=O)c1=O. The van der Waals surface area contributed by atoms with E-state index in [4.69, 9.17) is 9.47 Å². The fraction of sp³-hybridized carbons (Fsp3) is 0.885. The van der Waals surface area contributed by atoms with Crippen molar-refractivity contribution >= 4 is 23.3 Å². The number of hydrogen-bond donors (Lipinski definition) is 2. The Morgan fingerprint density at radius 1 is 0.557 bits per heavy atom. The number of carbonyl (C=O) groups excluding carboxylic acids is 2. The molecule has 0 atom stereocenters. The maximum Gasteiger partial charge on any atom is 0.306 e. The summed E-state index contributed by atoms with van der Waals surface area (Å²) in [4.78, 5) is 51.5. The highest BCUT2D eigenvalue weighted by Gasteiger charge is 2.21. The fourth-order valence-electron chi connectivity index (χ4n) is 9.36. The van der Waals surface area contributed by atoms with Crippen LogP contribution in [0.2, 0.25) is 0 Å². The third-order valence-corrected chi connectivity index (χ3v) is 13.3. The fourth-order valence-corrected chi connectivity index (χ4v) is 9.36. The molecule has 1 fully saturated rings. The molecule has 0 heterocycles. The predicted molar refractivity (Wildman–Crippen MR) is 258 cm³/mol. The molecule has 1 aromatic rings. The third-order valence-electron chi connectivity index (χ3n) is 13.3. The molecule has 1 saturated carbocycles. The molecule has 0 bridgehead atoms. The second-order valence-corrected chi connectivity index (χ2v) is 18.7. The first-order valence-electron chi connectivity index (χ1n) is 26.1. The van der Waals surface area contributed by atoms with E-state index in [-0.39, 0.29) is 18.0 Å². The molecule has 1 aliphatic carbocycles. The van der Waals surface area contributed by atoms with Crippen LogP contribution in [-0.4, -0.2) is 62.8 Å². The zero-order valence-corrected chi connectivity index (χ0v) is 40.2. The molecule has 0 aromatic heterocycles. The minimum Gasteiger partial charge on any atom is -0.466 e. The lowest BCUT2D eigenvalue weighted by atomic mass is 9.79. The highest BCUT2D eigenvalue weighted by molar-refractivity contribution is 5.73. The summed E-state index contributed by atoms with van der Waals surface area (Å²) in [5, 5.41) is 6.02. The van der Waals surface area contributed by atoms with Gasteiger partial charge in [-0.05, 0) is 95.7 Å². The molecule has 0 radical (unpaired) electrons. The topological polar surface area (TPSA) is 114 Å². The Morgan fingerprint density at radius 3 is 1.56 bits per heavy atom. The number of ether oxygens (including phenoxy) is 2. The lowest BCUT2D eigenvalue weighted by molar-refractivity contribution is -0.150. The number of hydrogen-bond acceptors (Lipinski definition) is 9. The molecule has 0 saturated heterocycles. The molecule has 1 aliphatic rings. The molecule has 0 amide bonds. The van der Waals surface area contributed by atoms with E-state index in [9.17, 15) is 19.2 Å². The highest BCUT2D eigenvalue weighted by atomic mass is 16.5. The molecule has 2 N–H and O–H groups in total. The van der Waals surface area contributed by atoms with Gasteiger partial charge in [0.15, 0.2) is 0 Å². The van der Waals surface area contributed by atoms with Crippen LogP contribution in [0.1, 0.15) is 239 Å². The van der Waals surface area contributed by atoms with Gasteiger partial charge in [-0.2, -0.15) is 0 Å². The number of anilines is 2. The van der Waals surface area contributed by atoms with Gasteiger partial charge in [0.25, 0.3) is 10.9 Å². The molecule has 1 aromatic carbocycles. The van der Waals surface area contributed by atoms with Crippen molar-refractivity contribution in [2.75, 3.05) is 50.5 Å². The summed E-state index contributed by atoms with van der Waals surface area (Å²) in [5.74, 6) is 1.62. The van der Waals surface area contributed by atoms with Crippen LogP contribution in [0.5, 0.6) is 0 Å². The van der Waals surface area contributed by atoms with E-state index in [2.05, 4.69) is 36.3 Å². The summed E-state index contributed by atoms with van der Waals surface area (Å²) in [7, 11) is 1.67. The quantitative estimate of drug-likeness (QED) is 0.0377. The number of esters is 2. The van der Waals surface area contributed by atoms with Crippen molar-refractivity contribution in [1.29, 1.82) is 0 Å². The summed E-state index contributed by atoms with van der Waals surface area (Å²) in [5.41, 5.74) is -0.0532. The van der Waals surface area contributed by atoms with Gasteiger partial charge in [0.05, 0.1) is 6.61 Å². The van der Waals surface area contributed by atoms with Gasteiger partial charge in [0.1, 0.15) is 17.5 Å². The van der Waals surface area contributed by atoms with E-state index >= 15 is 0 Å².